The van der Waals surface area contributed by atoms with E-state index in [2.05, 4.69) is 12.0 Å². The van der Waals surface area contributed by atoms with Crippen molar-refractivity contribution in [3.63, 3.8) is 0 Å². The molecule has 1 aromatic carbocycles. The number of rotatable bonds is 5. The average molecular weight is 357 g/mol. The van der Waals surface area contributed by atoms with Gasteiger partial charge in [0.25, 0.3) is 5.91 Å². The number of aryl methyl sites for hydroxylation is 1. The van der Waals surface area contributed by atoms with Gasteiger partial charge in [0.1, 0.15) is 11.5 Å². The first-order valence-electron chi connectivity index (χ1n) is 9.16. The van der Waals surface area contributed by atoms with Gasteiger partial charge < -0.3 is 14.4 Å². The average Bonchev–Trinajstić information content (AvgIpc) is 3.11. The highest BCUT2D eigenvalue weighted by atomic mass is 16.5. The summed E-state index contributed by atoms with van der Waals surface area (Å²) >= 11 is 0. The molecule has 0 bridgehead atoms. The molecule has 0 saturated carbocycles. The van der Waals surface area contributed by atoms with Crippen LogP contribution in [0.5, 0.6) is 11.5 Å². The van der Waals surface area contributed by atoms with Crippen molar-refractivity contribution in [2.45, 2.75) is 33.2 Å². The molecular weight excluding hydrogens is 330 g/mol. The molecule has 2 heterocycles. The van der Waals surface area contributed by atoms with E-state index >= 15 is 0 Å². The summed E-state index contributed by atoms with van der Waals surface area (Å²) < 4.78 is 12.6. The molecule has 6 nitrogen and oxygen atoms in total. The lowest BCUT2D eigenvalue weighted by molar-refractivity contribution is 0.0690. The number of piperidine rings is 1. The smallest absolute Gasteiger partial charge is 0.274 e. The molecule has 1 saturated heterocycles. The molecule has 1 amide bonds. The first-order valence-corrected chi connectivity index (χ1v) is 9.16. The van der Waals surface area contributed by atoms with E-state index in [0.29, 0.717) is 23.9 Å². The number of carbonyl (C=O) groups excluding carboxylic acids is 1. The Balaban J connectivity index is 1.93. The summed E-state index contributed by atoms with van der Waals surface area (Å²) in [7, 11) is 3.26. The Morgan fingerprint density at radius 1 is 1.19 bits per heavy atom. The zero-order chi connectivity index (χ0) is 18.7. The highest BCUT2D eigenvalue weighted by Gasteiger charge is 2.25. The monoisotopic (exact) mass is 357 g/mol. The van der Waals surface area contributed by atoms with E-state index in [1.165, 1.54) is 0 Å². The van der Waals surface area contributed by atoms with Gasteiger partial charge >= 0.3 is 0 Å². The fraction of sp³-hybridized carbons (Fsp3) is 0.500. The van der Waals surface area contributed by atoms with Crippen molar-refractivity contribution in [2.24, 2.45) is 5.92 Å². The minimum atomic E-state index is 0.0119. The minimum absolute atomic E-state index is 0.0119. The summed E-state index contributed by atoms with van der Waals surface area (Å²) in [6.45, 7) is 6.54. The second-order valence-electron chi connectivity index (χ2n) is 6.77. The molecule has 140 valence electrons. The summed E-state index contributed by atoms with van der Waals surface area (Å²) in [6.07, 6.45) is 2.11. The van der Waals surface area contributed by atoms with E-state index in [0.717, 1.165) is 42.9 Å². The summed E-state index contributed by atoms with van der Waals surface area (Å²) in [6, 6.07) is 7.54. The number of aromatic nitrogens is 2. The number of benzene rings is 1. The van der Waals surface area contributed by atoms with Crippen molar-refractivity contribution >= 4 is 5.91 Å². The maximum absolute atomic E-state index is 12.9. The third-order valence-corrected chi connectivity index (χ3v) is 5.05. The maximum atomic E-state index is 12.9. The number of likely N-dealkylation sites (tertiary alicyclic amines) is 1. The van der Waals surface area contributed by atoms with Gasteiger partial charge in [-0.2, -0.15) is 5.10 Å². The zero-order valence-corrected chi connectivity index (χ0v) is 16.0. The van der Waals surface area contributed by atoms with Crippen molar-refractivity contribution in [2.75, 3.05) is 27.3 Å². The lowest BCUT2D eigenvalue weighted by Crippen LogP contribution is -2.38. The van der Waals surface area contributed by atoms with Crippen molar-refractivity contribution in [1.82, 2.24) is 14.7 Å². The molecule has 6 heteroatoms. The molecule has 0 spiro atoms. The van der Waals surface area contributed by atoms with Crippen LogP contribution >= 0.6 is 0 Å². The maximum Gasteiger partial charge on any atom is 0.274 e. The van der Waals surface area contributed by atoms with Crippen molar-refractivity contribution in [3.8, 4) is 22.8 Å². The van der Waals surface area contributed by atoms with E-state index in [4.69, 9.17) is 9.47 Å². The predicted octanol–water partition coefficient (Wildman–Crippen LogP) is 3.46. The Labute approximate surface area is 154 Å². The van der Waals surface area contributed by atoms with Gasteiger partial charge in [0, 0.05) is 31.3 Å². The van der Waals surface area contributed by atoms with Gasteiger partial charge in [-0.15, -0.1) is 0 Å². The van der Waals surface area contributed by atoms with Gasteiger partial charge in [-0.05, 0) is 43.9 Å². The minimum Gasteiger partial charge on any atom is -0.497 e. The zero-order valence-electron chi connectivity index (χ0n) is 16.0. The van der Waals surface area contributed by atoms with Crippen molar-refractivity contribution < 1.29 is 14.3 Å². The van der Waals surface area contributed by atoms with Gasteiger partial charge in [0.15, 0.2) is 5.69 Å². The van der Waals surface area contributed by atoms with Crippen LogP contribution in [-0.4, -0.2) is 47.9 Å². The van der Waals surface area contributed by atoms with Crippen molar-refractivity contribution in [1.29, 1.82) is 0 Å². The normalized spacial score (nSPS) is 15.2. The SMILES string of the molecule is CCn1nc(C(=O)N2CCC(C)CC2)cc1-c1ccc(OC)cc1OC. The van der Waals surface area contributed by atoms with Gasteiger partial charge in [-0.25, -0.2) is 0 Å². The third kappa shape index (κ3) is 3.54. The number of hydrogen-bond acceptors (Lipinski definition) is 4. The number of methoxy groups -OCH3 is 2. The number of amides is 1. The van der Waals surface area contributed by atoms with Gasteiger partial charge in [-0.1, -0.05) is 6.92 Å². The number of hydrogen-bond donors (Lipinski definition) is 0. The van der Waals surface area contributed by atoms with Crippen LogP contribution in [0.1, 0.15) is 37.2 Å². The van der Waals surface area contributed by atoms with E-state index in [-0.39, 0.29) is 5.91 Å². The molecule has 1 aliphatic rings. The van der Waals surface area contributed by atoms with Crippen LogP contribution in [0.25, 0.3) is 11.3 Å². The van der Waals surface area contributed by atoms with E-state index in [1.54, 1.807) is 14.2 Å². The fourth-order valence-electron chi connectivity index (χ4n) is 3.36. The van der Waals surface area contributed by atoms with E-state index in [1.807, 2.05) is 40.8 Å². The van der Waals surface area contributed by atoms with Crippen LogP contribution in [0.4, 0.5) is 0 Å². The molecule has 3 rings (SSSR count). The van der Waals surface area contributed by atoms with E-state index in [9.17, 15) is 4.79 Å². The topological polar surface area (TPSA) is 56.6 Å². The molecule has 1 aliphatic heterocycles. The van der Waals surface area contributed by atoms with Crippen LogP contribution in [0, 0.1) is 5.92 Å². The van der Waals surface area contributed by atoms with Crippen LogP contribution < -0.4 is 9.47 Å². The van der Waals surface area contributed by atoms with Crippen LogP contribution in [0.3, 0.4) is 0 Å². The van der Waals surface area contributed by atoms with Gasteiger partial charge in [-0.3, -0.25) is 9.48 Å². The highest BCUT2D eigenvalue weighted by molar-refractivity contribution is 5.93. The largest absolute Gasteiger partial charge is 0.497 e. The van der Waals surface area contributed by atoms with E-state index < -0.39 is 0 Å². The molecule has 1 aromatic heterocycles. The van der Waals surface area contributed by atoms with Crippen LogP contribution in [-0.2, 0) is 6.54 Å². The Bertz CT molecular complexity index is 777. The van der Waals surface area contributed by atoms with Gasteiger partial charge in [0.05, 0.1) is 19.9 Å². The predicted molar refractivity (Wildman–Crippen MR) is 101 cm³/mol. The molecular formula is C20H27N3O3. The summed E-state index contributed by atoms with van der Waals surface area (Å²) in [5.74, 6) is 2.13. The molecule has 0 radical (unpaired) electrons. The summed E-state index contributed by atoms with van der Waals surface area (Å²) in [5, 5.41) is 4.56. The number of carbonyl (C=O) groups is 1. The number of ether oxygens (including phenoxy) is 2. The van der Waals surface area contributed by atoms with Crippen molar-refractivity contribution in [3.05, 3.63) is 30.0 Å². The highest BCUT2D eigenvalue weighted by Crippen LogP contribution is 2.34. The first-order chi connectivity index (χ1) is 12.6. The first kappa shape index (κ1) is 18.3. The molecule has 0 unspecified atom stereocenters. The lowest BCUT2D eigenvalue weighted by Gasteiger charge is -2.29. The molecule has 0 aliphatic carbocycles. The van der Waals surface area contributed by atoms with Crippen LogP contribution in [0.2, 0.25) is 0 Å². The Morgan fingerprint density at radius 3 is 2.54 bits per heavy atom. The summed E-state index contributed by atoms with van der Waals surface area (Å²) in [4.78, 5) is 14.8. The quantitative estimate of drug-likeness (QED) is 0.822. The standard InChI is InChI=1S/C20H27N3O3/c1-5-23-18(16-7-6-15(25-3)12-19(16)26-4)13-17(21-23)20(24)22-10-8-14(2)9-11-22/h6-7,12-14H,5,8-11H2,1-4H3. The molecule has 0 atom stereocenters. The molecule has 26 heavy (non-hydrogen) atoms. The Hall–Kier alpha value is -2.50. The Kier molecular flexibility index (Phi) is 5.49. The summed E-state index contributed by atoms with van der Waals surface area (Å²) in [5.41, 5.74) is 2.27. The van der Waals surface area contributed by atoms with Gasteiger partial charge in [0.2, 0.25) is 0 Å². The fourth-order valence-corrected chi connectivity index (χ4v) is 3.36. The molecule has 2 aromatic rings. The number of nitrogens with zero attached hydrogens (tertiary/aromatic N) is 3. The Morgan fingerprint density at radius 2 is 1.92 bits per heavy atom. The second kappa shape index (κ2) is 7.81. The van der Waals surface area contributed by atoms with Crippen LogP contribution in [0.15, 0.2) is 24.3 Å². The second-order valence-corrected chi connectivity index (χ2v) is 6.77. The molecule has 0 N–H and O–H groups in total. The third-order valence-electron chi connectivity index (χ3n) is 5.05. The molecule has 1 fully saturated rings. The lowest BCUT2D eigenvalue weighted by atomic mass is 9.99.